The first-order valence-electron chi connectivity index (χ1n) is 10.4. The fraction of sp³-hybridized carbons (Fsp3) is 0.500. The highest BCUT2D eigenvalue weighted by Gasteiger charge is 2.48. The summed E-state index contributed by atoms with van der Waals surface area (Å²) in [6.45, 7) is 1.61. The lowest BCUT2D eigenvalue weighted by Gasteiger charge is -2.39. The Bertz CT molecular complexity index is 814. The smallest absolute Gasteiger partial charge is 0.253 e. The fourth-order valence-corrected chi connectivity index (χ4v) is 4.47. The molecule has 160 valence electrons. The third-order valence-corrected chi connectivity index (χ3v) is 6.02. The van der Waals surface area contributed by atoms with E-state index in [1.54, 1.807) is 50.1 Å². The average Bonchev–Trinajstić information content (AvgIpc) is 3.09. The molecular weight excluding hydrogens is 384 g/mol. The van der Waals surface area contributed by atoms with Gasteiger partial charge in [0.25, 0.3) is 5.91 Å². The Morgan fingerprint density at radius 3 is 2.53 bits per heavy atom. The first-order chi connectivity index (χ1) is 14.7. The van der Waals surface area contributed by atoms with Crippen molar-refractivity contribution in [3.05, 3.63) is 54.6 Å². The number of hydrogen-bond acceptors (Lipinski definition) is 7. The zero-order valence-electron chi connectivity index (χ0n) is 17.1. The molecule has 0 bridgehead atoms. The molecule has 1 amide bonds. The van der Waals surface area contributed by atoms with Gasteiger partial charge in [-0.3, -0.25) is 19.7 Å². The van der Waals surface area contributed by atoms with Gasteiger partial charge < -0.3 is 19.9 Å². The van der Waals surface area contributed by atoms with Gasteiger partial charge in [0, 0.05) is 45.2 Å². The highest BCUT2D eigenvalue weighted by Crippen LogP contribution is 2.31. The fourth-order valence-electron chi connectivity index (χ4n) is 4.47. The lowest BCUT2D eigenvalue weighted by Crippen LogP contribution is -2.56. The molecule has 8 heteroatoms. The van der Waals surface area contributed by atoms with E-state index in [1.165, 1.54) is 0 Å². The van der Waals surface area contributed by atoms with Crippen LogP contribution in [0.4, 0.5) is 0 Å². The Hall–Kier alpha value is -2.55. The van der Waals surface area contributed by atoms with E-state index in [1.807, 2.05) is 6.07 Å². The van der Waals surface area contributed by atoms with E-state index in [0.29, 0.717) is 17.7 Å². The van der Waals surface area contributed by atoms with Crippen LogP contribution in [0.15, 0.2) is 49.1 Å². The Kier molecular flexibility index (Phi) is 6.56. The molecule has 4 atom stereocenters. The minimum absolute atomic E-state index is 0.195. The summed E-state index contributed by atoms with van der Waals surface area (Å²) < 4.78 is 11.5. The molecule has 0 aromatic carbocycles. The molecule has 0 radical (unpaired) electrons. The molecule has 3 heterocycles. The third-order valence-electron chi connectivity index (χ3n) is 6.02. The van der Waals surface area contributed by atoms with Crippen molar-refractivity contribution in [1.29, 1.82) is 0 Å². The molecule has 2 N–H and O–H groups in total. The van der Waals surface area contributed by atoms with Crippen molar-refractivity contribution < 1.29 is 19.4 Å². The number of aliphatic hydroxyl groups is 1. The van der Waals surface area contributed by atoms with Crippen LogP contribution in [0.25, 0.3) is 0 Å². The number of methoxy groups -OCH3 is 1. The van der Waals surface area contributed by atoms with Crippen LogP contribution in [0.5, 0.6) is 5.75 Å². The van der Waals surface area contributed by atoms with Crippen molar-refractivity contribution in [3.63, 3.8) is 0 Å². The summed E-state index contributed by atoms with van der Waals surface area (Å²) in [5.74, 6) is 0.414. The van der Waals surface area contributed by atoms with Gasteiger partial charge in [0.15, 0.2) is 0 Å². The maximum atomic E-state index is 12.8. The second kappa shape index (κ2) is 9.51. The van der Waals surface area contributed by atoms with Crippen molar-refractivity contribution >= 4 is 5.91 Å². The number of ether oxygens (including phenoxy) is 2. The van der Waals surface area contributed by atoms with Crippen LogP contribution < -0.4 is 10.1 Å². The first kappa shape index (κ1) is 20.7. The average molecular weight is 412 g/mol. The molecule has 30 heavy (non-hydrogen) atoms. The summed E-state index contributed by atoms with van der Waals surface area (Å²) in [5, 5.41) is 14.3. The number of likely N-dealkylation sites (tertiary alicyclic amines) is 1. The van der Waals surface area contributed by atoms with E-state index >= 15 is 0 Å². The monoisotopic (exact) mass is 412 g/mol. The molecule has 1 aliphatic carbocycles. The van der Waals surface area contributed by atoms with Crippen LogP contribution in [-0.4, -0.2) is 76.5 Å². The second-order valence-electron chi connectivity index (χ2n) is 7.85. The molecule has 0 unspecified atom stereocenters. The molecule has 1 saturated carbocycles. The highest BCUT2D eigenvalue weighted by atomic mass is 16.5. The SMILES string of the molecule is COC1CCN([C@@H]2[C@@H](O)[C@H](Oc3cccnc3)C[C@H]2NC(=O)c2cccnc2)CC1. The molecule has 8 nitrogen and oxygen atoms in total. The first-order valence-corrected chi connectivity index (χ1v) is 10.4. The summed E-state index contributed by atoms with van der Waals surface area (Å²) in [5.41, 5.74) is 0.500. The van der Waals surface area contributed by atoms with Gasteiger partial charge in [-0.25, -0.2) is 0 Å². The molecule has 0 spiro atoms. The largest absolute Gasteiger partial charge is 0.486 e. The maximum absolute atomic E-state index is 12.8. The van der Waals surface area contributed by atoms with E-state index in [-0.39, 0.29) is 24.1 Å². The van der Waals surface area contributed by atoms with Crippen LogP contribution in [0, 0.1) is 0 Å². The number of carbonyl (C=O) groups is 1. The maximum Gasteiger partial charge on any atom is 0.253 e. The number of nitrogens with one attached hydrogen (secondary N) is 1. The van der Waals surface area contributed by atoms with Gasteiger partial charge in [0.1, 0.15) is 18.0 Å². The minimum Gasteiger partial charge on any atom is -0.486 e. The molecule has 1 aliphatic heterocycles. The van der Waals surface area contributed by atoms with Crippen LogP contribution in [0.2, 0.25) is 0 Å². The van der Waals surface area contributed by atoms with Gasteiger partial charge in [0.05, 0.1) is 29.9 Å². The summed E-state index contributed by atoms with van der Waals surface area (Å²) in [4.78, 5) is 23.1. The number of nitrogens with zero attached hydrogens (tertiary/aromatic N) is 3. The molecule has 2 aliphatic rings. The van der Waals surface area contributed by atoms with E-state index in [9.17, 15) is 9.90 Å². The number of pyridine rings is 2. The standard InChI is InChI=1S/C22H28N4O4/c1-29-16-6-10-26(11-7-16)20-18(25-22(28)15-4-2-8-23-13-15)12-19(21(20)27)30-17-5-3-9-24-14-17/h2-5,8-9,13-14,16,18-21,27H,6-7,10-12H2,1H3,(H,25,28)/t18-,19-,20+,21+/m1/s1. The Balaban J connectivity index is 1.51. The van der Waals surface area contributed by atoms with Crippen LogP contribution in [-0.2, 0) is 4.74 Å². The molecule has 2 aromatic rings. The summed E-state index contributed by atoms with van der Waals surface area (Å²) in [6, 6.07) is 6.61. The molecule has 2 aromatic heterocycles. The van der Waals surface area contributed by atoms with E-state index in [0.717, 1.165) is 25.9 Å². The number of rotatable bonds is 6. The number of carbonyl (C=O) groups excluding carboxylic acids is 1. The normalized spacial score (nSPS) is 27.7. The van der Waals surface area contributed by atoms with E-state index in [2.05, 4.69) is 20.2 Å². The predicted molar refractivity (Wildman–Crippen MR) is 110 cm³/mol. The minimum atomic E-state index is -0.733. The number of hydrogen-bond donors (Lipinski definition) is 2. The summed E-state index contributed by atoms with van der Waals surface area (Å²) in [7, 11) is 1.74. The molecule has 1 saturated heterocycles. The topological polar surface area (TPSA) is 96.8 Å². The van der Waals surface area contributed by atoms with Crippen molar-refractivity contribution in [2.75, 3.05) is 20.2 Å². The van der Waals surface area contributed by atoms with E-state index < -0.39 is 12.2 Å². The van der Waals surface area contributed by atoms with Gasteiger partial charge in [-0.2, -0.15) is 0 Å². The summed E-state index contributed by atoms with van der Waals surface area (Å²) >= 11 is 0. The zero-order valence-corrected chi connectivity index (χ0v) is 17.1. The molecular formula is C22H28N4O4. The van der Waals surface area contributed by atoms with Crippen molar-refractivity contribution in [2.45, 2.75) is 49.7 Å². The van der Waals surface area contributed by atoms with Crippen molar-refractivity contribution in [1.82, 2.24) is 20.2 Å². The van der Waals surface area contributed by atoms with Gasteiger partial charge in [-0.05, 0) is 37.1 Å². The van der Waals surface area contributed by atoms with Crippen LogP contribution >= 0.6 is 0 Å². The van der Waals surface area contributed by atoms with Crippen molar-refractivity contribution in [3.8, 4) is 5.75 Å². The van der Waals surface area contributed by atoms with Crippen LogP contribution in [0.3, 0.4) is 0 Å². The lowest BCUT2D eigenvalue weighted by molar-refractivity contribution is -0.0228. The summed E-state index contributed by atoms with van der Waals surface area (Å²) in [6.07, 6.45) is 7.88. The Morgan fingerprint density at radius 2 is 1.90 bits per heavy atom. The Morgan fingerprint density at radius 1 is 1.17 bits per heavy atom. The van der Waals surface area contributed by atoms with Gasteiger partial charge in [-0.15, -0.1) is 0 Å². The van der Waals surface area contributed by atoms with Gasteiger partial charge in [-0.1, -0.05) is 0 Å². The Labute approximate surface area is 176 Å². The van der Waals surface area contributed by atoms with Gasteiger partial charge >= 0.3 is 0 Å². The predicted octanol–water partition coefficient (Wildman–Crippen LogP) is 1.27. The second-order valence-corrected chi connectivity index (χ2v) is 7.85. The number of amides is 1. The quantitative estimate of drug-likeness (QED) is 0.737. The number of aromatic nitrogens is 2. The number of piperidine rings is 1. The third kappa shape index (κ3) is 4.61. The van der Waals surface area contributed by atoms with E-state index in [4.69, 9.17) is 9.47 Å². The number of aliphatic hydroxyl groups excluding tert-OH is 1. The van der Waals surface area contributed by atoms with Gasteiger partial charge in [0.2, 0.25) is 0 Å². The lowest BCUT2D eigenvalue weighted by atomic mass is 10.0. The zero-order chi connectivity index (χ0) is 20.9. The molecule has 4 rings (SSSR count). The molecule has 2 fully saturated rings. The van der Waals surface area contributed by atoms with Crippen LogP contribution in [0.1, 0.15) is 29.6 Å². The highest BCUT2D eigenvalue weighted by molar-refractivity contribution is 5.94. The van der Waals surface area contributed by atoms with Crippen molar-refractivity contribution in [2.24, 2.45) is 0 Å².